The van der Waals surface area contributed by atoms with Crippen molar-refractivity contribution in [3.63, 3.8) is 0 Å². The van der Waals surface area contributed by atoms with Crippen LogP contribution >= 0.6 is 11.8 Å². The summed E-state index contributed by atoms with van der Waals surface area (Å²) in [6.45, 7) is 5.50. The molecular weight excluding hydrogens is 452 g/mol. The van der Waals surface area contributed by atoms with Crippen molar-refractivity contribution in [1.29, 1.82) is 0 Å². The number of anilines is 1. The van der Waals surface area contributed by atoms with Crippen LogP contribution in [-0.4, -0.2) is 56.5 Å². The molecule has 0 saturated heterocycles. The second-order valence-corrected chi connectivity index (χ2v) is 9.51. The maximum atomic E-state index is 12.6. The van der Waals surface area contributed by atoms with Gasteiger partial charge in [-0.2, -0.15) is 0 Å². The Morgan fingerprint density at radius 3 is 2.65 bits per heavy atom. The molecule has 178 valence electrons. The highest BCUT2D eigenvalue weighted by Gasteiger charge is 2.13. The fourth-order valence-corrected chi connectivity index (χ4v) is 4.23. The van der Waals surface area contributed by atoms with Gasteiger partial charge in [0.1, 0.15) is 6.33 Å². The van der Waals surface area contributed by atoms with Crippen LogP contribution in [0.15, 0.2) is 63.2 Å². The zero-order valence-electron chi connectivity index (χ0n) is 19.7. The standard InChI is InChI=1S/C24H28N6O3S/c1-16(2)17-5-8-19(9-6-17)30-15-25-27-23(30)34-14-22(31)26-18-7-10-21-20(13-18)29(24(32)33-21)12-11-28(3)4/h5-10,13,15-16H,11-12,14H2,1-4H3,(H,26,31). The van der Waals surface area contributed by atoms with Gasteiger partial charge in [-0.05, 0) is 55.9 Å². The van der Waals surface area contributed by atoms with Crippen molar-refractivity contribution in [2.45, 2.75) is 31.5 Å². The van der Waals surface area contributed by atoms with Crippen molar-refractivity contribution < 1.29 is 9.21 Å². The van der Waals surface area contributed by atoms with Crippen LogP contribution in [0.1, 0.15) is 25.3 Å². The molecule has 0 unspecified atom stereocenters. The summed E-state index contributed by atoms with van der Waals surface area (Å²) in [6, 6.07) is 13.4. The Morgan fingerprint density at radius 2 is 1.94 bits per heavy atom. The summed E-state index contributed by atoms with van der Waals surface area (Å²) in [5.41, 5.74) is 3.95. The molecule has 0 atom stereocenters. The van der Waals surface area contributed by atoms with E-state index in [1.807, 2.05) is 35.7 Å². The summed E-state index contributed by atoms with van der Waals surface area (Å²) in [4.78, 5) is 26.8. The molecule has 0 aliphatic heterocycles. The number of carbonyl (C=O) groups excluding carboxylic acids is 1. The van der Waals surface area contributed by atoms with Gasteiger partial charge in [0.15, 0.2) is 10.7 Å². The number of nitrogens with zero attached hydrogens (tertiary/aromatic N) is 5. The van der Waals surface area contributed by atoms with E-state index in [9.17, 15) is 9.59 Å². The number of fused-ring (bicyclic) bond motifs is 1. The highest BCUT2D eigenvalue weighted by Crippen LogP contribution is 2.23. The first-order valence-corrected chi connectivity index (χ1v) is 12.0. The predicted molar refractivity (Wildman–Crippen MR) is 134 cm³/mol. The Morgan fingerprint density at radius 1 is 1.18 bits per heavy atom. The molecule has 2 heterocycles. The molecule has 2 aromatic carbocycles. The monoisotopic (exact) mass is 480 g/mol. The number of likely N-dealkylation sites (N-methyl/N-ethyl adjacent to an activating group) is 1. The van der Waals surface area contributed by atoms with E-state index in [4.69, 9.17) is 4.42 Å². The number of hydrogen-bond donors (Lipinski definition) is 1. The summed E-state index contributed by atoms with van der Waals surface area (Å²) in [5, 5.41) is 11.7. The number of rotatable bonds is 9. The first kappa shape index (κ1) is 23.8. The number of oxazole rings is 1. The third-order valence-electron chi connectivity index (χ3n) is 5.41. The van der Waals surface area contributed by atoms with Gasteiger partial charge >= 0.3 is 5.76 Å². The van der Waals surface area contributed by atoms with E-state index >= 15 is 0 Å². The molecule has 0 aliphatic rings. The molecule has 2 aromatic heterocycles. The van der Waals surface area contributed by atoms with Crippen LogP contribution in [0.25, 0.3) is 16.8 Å². The van der Waals surface area contributed by atoms with E-state index in [1.54, 1.807) is 29.1 Å². The number of carbonyl (C=O) groups is 1. The van der Waals surface area contributed by atoms with Gasteiger partial charge in [0, 0.05) is 24.5 Å². The van der Waals surface area contributed by atoms with E-state index in [0.717, 1.165) is 5.69 Å². The van der Waals surface area contributed by atoms with E-state index in [0.29, 0.717) is 41.0 Å². The van der Waals surface area contributed by atoms with Gasteiger partial charge in [0.25, 0.3) is 0 Å². The molecule has 0 radical (unpaired) electrons. The van der Waals surface area contributed by atoms with Gasteiger partial charge in [-0.3, -0.25) is 13.9 Å². The number of amides is 1. The molecule has 0 saturated carbocycles. The van der Waals surface area contributed by atoms with Crippen LogP contribution in [0.5, 0.6) is 0 Å². The van der Waals surface area contributed by atoms with Gasteiger partial charge in [0.05, 0.1) is 11.3 Å². The van der Waals surface area contributed by atoms with Crippen LogP contribution < -0.4 is 11.1 Å². The normalized spacial score (nSPS) is 11.6. The van der Waals surface area contributed by atoms with Crippen molar-refractivity contribution in [2.24, 2.45) is 0 Å². The molecule has 9 nitrogen and oxygen atoms in total. The van der Waals surface area contributed by atoms with Crippen LogP contribution in [0.4, 0.5) is 5.69 Å². The number of thioether (sulfide) groups is 1. The maximum absolute atomic E-state index is 12.6. The minimum Gasteiger partial charge on any atom is -0.408 e. The Labute approximate surface area is 201 Å². The number of aromatic nitrogens is 4. The number of hydrogen-bond acceptors (Lipinski definition) is 7. The Balaban J connectivity index is 1.42. The molecule has 0 aliphatic carbocycles. The third-order valence-corrected chi connectivity index (χ3v) is 6.35. The van der Waals surface area contributed by atoms with Gasteiger partial charge < -0.3 is 14.6 Å². The van der Waals surface area contributed by atoms with Crippen molar-refractivity contribution in [3.8, 4) is 5.69 Å². The molecule has 4 aromatic rings. The average molecular weight is 481 g/mol. The highest BCUT2D eigenvalue weighted by molar-refractivity contribution is 7.99. The van der Waals surface area contributed by atoms with Crippen molar-refractivity contribution in [3.05, 3.63) is 64.9 Å². The van der Waals surface area contributed by atoms with Crippen LogP contribution in [-0.2, 0) is 11.3 Å². The molecule has 0 fully saturated rings. The summed E-state index contributed by atoms with van der Waals surface area (Å²) >= 11 is 1.31. The van der Waals surface area contributed by atoms with E-state index in [1.165, 1.54) is 17.3 Å². The molecule has 34 heavy (non-hydrogen) atoms. The fourth-order valence-electron chi connectivity index (χ4n) is 3.50. The largest absolute Gasteiger partial charge is 0.419 e. The van der Waals surface area contributed by atoms with Crippen LogP contribution in [0.2, 0.25) is 0 Å². The van der Waals surface area contributed by atoms with Gasteiger partial charge in [-0.1, -0.05) is 37.7 Å². The van der Waals surface area contributed by atoms with E-state index < -0.39 is 5.76 Å². The summed E-state index contributed by atoms with van der Waals surface area (Å²) in [5.74, 6) is 0.0347. The Hall–Kier alpha value is -3.37. The van der Waals surface area contributed by atoms with Gasteiger partial charge in [-0.25, -0.2) is 4.79 Å². The van der Waals surface area contributed by atoms with E-state index in [2.05, 4.69) is 41.5 Å². The minimum atomic E-state index is -0.406. The van der Waals surface area contributed by atoms with Crippen molar-refractivity contribution >= 4 is 34.5 Å². The topological polar surface area (TPSA) is 98.2 Å². The van der Waals surface area contributed by atoms with Gasteiger partial charge in [0.2, 0.25) is 5.91 Å². The third kappa shape index (κ3) is 5.40. The Kier molecular flexibility index (Phi) is 7.18. The van der Waals surface area contributed by atoms with Gasteiger partial charge in [-0.15, -0.1) is 10.2 Å². The summed E-state index contributed by atoms with van der Waals surface area (Å²) in [7, 11) is 3.89. The van der Waals surface area contributed by atoms with E-state index in [-0.39, 0.29) is 11.7 Å². The summed E-state index contributed by atoms with van der Waals surface area (Å²) < 4.78 is 8.76. The lowest BCUT2D eigenvalue weighted by molar-refractivity contribution is -0.113. The van der Waals surface area contributed by atoms with Crippen LogP contribution in [0, 0.1) is 0 Å². The zero-order valence-corrected chi connectivity index (χ0v) is 20.5. The number of benzene rings is 2. The highest BCUT2D eigenvalue weighted by atomic mass is 32.2. The fraction of sp³-hybridized carbons (Fsp3) is 0.333. The van der Waals surface area contributed by atoms with Crippen LogP contribution in [0.3, 0.4) is 0 Å². The molecule has 0 bridgehead atoms. The molecule has 1 N–H and O–H groups in total. The second-order valence-electron chi connectivity index (χ2n) is 8.57. The number of nitrogens with one attached hydrogen (secondary N) is 1. The van der Waals surface area contributed by atoms with Crippen molar-refractivity contribution in [2.75, 3.05) is 31.7 Å². The molecule has 1 amide bonds. The molecule has 10 heteroatoms. The lowest BCUT2D eigenvalue weighted by atomic mass is 10.0. The first-order valence-electron chi connectivity index (χ1n) is 11.0. The quantitative estimate of drug-likeness (QED) is 0.366. The molecule has 0 spiro atoms. The SMILES string of the molecule is CC(C)c1ccc(-n2cnnc2SCC(=O)Nc2ccc3oc(=O)n(CCN(C)C)c3c2)cc1. The minimum absolute atomic E-state index is 0.166. The van der Waals surface area contributed by atoms with Crippen molar-refractivity contribution in [1.82, 2.24) is 24.2 Å². The molecular formula is C24H28N6O3S. The molecule has 4 rings (SSSR count). The first-order chi connectivity index (χ1) is 16.3. The predicted octanol–water partition coefficient (Wildman–Crippen LogP) is 3.59. The Bertz CT molecular complexity index is 1340. The second kappa shape index (κ2) is 10.3. The smallest absolute Gasteiger partial charge is 0.408 e. The lowest BCUT2D eigenvalue weighted by Gasteiger charge is -2.10. The zero-order chi connectivity index (χ0) is 24.2. The lowest BCUT2D eigenvalue weighted by Crippen LogP contribution is -2.23. The average Bonchev–Trinajstić information content (AvgIpc) is 3.39. The maximum Gasteiger partial charge on any atom is 0.419 e. The summed E-state index contributed by atoms with van der Waals surface area (Å²) in [6.07, 6.45) is 1.64.